The predicted octanol–water partition coefficient (Wildman–Crippen LogP) is 6.97. The molecule has 1 aliphatic rings. The van der Waals surface area contributed by atoms with E-state index < -0.39 is 0 Å². The molecule has 5 heteroatoms. The van der Waals surface area contributed by atoms with Crippen LogP contribution in [0.25, 0.3) is 0 Å². The van der Waals surface area contributed by atoms with Gasteiger partial charge in [-0.15, -0.1) is 0 Å². The largest absolute Gasteiger partial charge is 0.378 e. The highest BCUT2D eigenvalue weighted by molar-refractivity contribution is 7.99. The van der Waals surface area contributed by atoms with Crippen molar-refractivity contribution in [2.75, 3.05) is 11.5 Å². The van der Waals surface area contributed by atoms with E-state index in [2.05, 4.69) is 108 Å². The minimum Gasteiger partial charge on any atom is -0.378 e. The van der Waals surface area contributed by atoms with E-state index >= 15 is 0 Å². The summed E-state index contributed by atoms with van der Waals surface area (Å²) in [6.07, 6.45) is 12.4. The number of hydrazine groups is 1. The number of allylic oxidation sites excluding steroid dienone is 5. The Kier molecular flexibility index (Phi) is 13.8. The fourth-order valence-corrected chi connectivity index (χ4v) is 4.77. The molecular formula is C29H52N4S. The molecule has 1 rings (SSSR count). The normalized spacial score (nSPS) is 20.9. The molecule has 0 saturated carbocycles. The van der Waals surface area contributed by atoms with Crippen LogP contribution in [0, 0.1) is 5.92 Å². The Balaban J connectivity index is 2.65. The number of thioether (sulfide) groups is 1. The van der Waals surface area contributed by atoms with Crippen molar-refractivity contribution >= 4 is 11.8 Å². The van der Waals surface area contributed by atoms with Gasteiger partial charge in [-0.2, -0.15) is 11.8 Å². The summed E-state index contributed by atoms with van der Waals surface area (Å²) in [5.41, 5.74) is 12.9. The van der Waals surface area contributed by atoms with Crippen molar-refractivity contribution in [3.63, 3.8) is 0 Å². The molecule has 0 radical (unpaired) electrons. The predicted molar refractivity (Wildman–Crippen MR) is 155 cm³/mol. The van der Waals surface area contributed by atoms with Crippen LogP contribution >= 0.6 is 11.8 Å². The van der Waals surface area contributed by atoms with E-state index in [9.17, 15) is 0 Å². The van der Waals surface area contributed by atoms with E-state index in [-0.39, 0.29) is 17.6 Å². The van der Waals surface area contributed by atoms with Gasteiger partial charge in [0.05, 0.1) is 6.04 Å². The van der Waals surface area contributed by atoms with Gasteiger partial charge in [-0.25, -0.2) is 0 Å². The number of nitrogens with one attached hydrogen (secondary N) is 4. The van der Waals surface area contributed by atoms with Crippen molar-refractivity contribution in [2.24, 2.45) is 5.92 Å². The van der Waals surface area contributed by atoms with E-state index in [0.717, 1.165) is 55.0 Å². The molecule has 4 nitrogen and oxygen atoms in total. The maximum atomic E-state index is 4.42. The first kappa shape index (κ1) is 30.4. The zero-order valence-electron chi connectivity index (χ0n) is 23.2. The van der Waals surface area contributed by atoms with Gasteiger partial charge in [-0.05, 0) is 73.1 Å². The zero-order valence-corrected chi connectivity index (χ0v) is 24.1. The summed E-state index contributed by atoms with van der Waals surface area (Å²) in [5.74, 6) is 2.43. The highest BCUT2D eigenvalue weighted by Crippen LogP contribution is 2.20. The average Bonchev–Trinajstić information content (AvgIpc) is 2.82. The zero-order chi connectivity index (χ0) is 25.7. The summed E-state index contributed by atoms with van der Waals surface area (Å²) in [6, 6.07) is 0.326. The van der Waals surface area contributed by atoms with Gasteiger partial charge in [0.1, 0.15) is 0 Å². The minimum absolute atomic E-state index is 0.0277. The molecule has 2 unspecified atom stereocenters. The molecule has 34 heavy (non-hydrogen) atoms. The molecule has 1 aliphatic heterocycles. The van der Waals surface area contributed by atoms with Crippen molar-refractivity contribution in [3.05, 3.63) is 59.6 Å². The van der Waals surface area contributed by atoms with Crippen LogP contribution in [0.2, 0.25) is 0 Å². The van der Waals surface area contributed by atoms with Crippen molar-refractivity contribution < 1.29 is 0 Å². The van der Waals surface area contributed by atoms with Gasteiger partial charge in [0.2, 0.25) is 0 Å². The summed E-state index contributed by atoms with van der Waals surface area (Å²) >= 11 is 1.93. The van der Waals surface area contributed by atoms with Crippen molar-refractivity contribution in [1.29, 1.82) is 0 Å². The standard InChI is InChI=1S/C29H52N4S/c1-11-23(5)28(31-29(8,9)10)25(7)30-27-20-34-19-18-26(33-32-24(27)6)17-13-16-22(4)15-12-14-21(2)3/h14,16,18,23,27-28,30-33H,6-7,11-13,15,17,19-20H2,1-5,8-10H3/b22-16+,26-18-/t23-,27?,28?/m0/s1. The van der Waals surface area contributed by atoms with Crippen LogP contribution in [0.15, 0.2) is 59.6 Å². The smallest absolute Gasteiger partial charge is 0.0759 e. The van der Waals surface area contributed by atoms with Crippen LogP contribution < -0.4 is 21.5 Å². The van der Waals surface area contributed by atoms with Crippen molar-refractivity contribution in [2.45, 2.75) is 105 Å². The molecule has 4 N–H and O–H groups in total. The monoisotopic (exact) mass is 488 g/mol. The van der Waals surface area contributed by atoms with Crippen LogP contribution in [0.4, 0.5) is 0 Å². The maximum absolute atomic E-state index is 4.42. The molecule has 0 spiro atoms. The minimum atomic E-state index is 0.0277. The first-order valence-corrected chi connectivity index (χ1v) is 14.1. The van der Waals surface area contributed by atoms with Gasteiger partial charge >= 0.3 is 0 Å². The summed E-state index contributed by atoms with van der Waals surface area (Å²) in [5, 5.41) is 7.44. The molecule has 0 aromatic rings. The van der Waals surface area contributed by atoms with Gasteiger partial charge in [0, 0.05) is 40.2 Å². The van der Waals surface area contributed by atoms with E-state index in [4.69, 9.17) is 0 Å². The molecule has 0 aromatic heterocycles. The SMILES string of the molecule is C=C1NN/C(CC/C=C(\C)CCC=C(C)C)=C\CSCC1NC(=C)C(NC(C)(C)C)[C@@H](C)CC. The van der Waals surface area contributed by atoms with Crippen LogP contribution in [0.5, 0.6) is 0 Å². The maximum Gasteiger partial charge on any atom is 0.0759 e. The lowest BCUT2D eigenvalue weighted by Gasteiger charge is -2.36. The van der Waals surface area contributed by atoms with Gasteiger partial charge in [0.15, 0.2) is 0 Å². The van der Waals surface area contributed by atoms with Crippen molar-refractivity contribution in [3.8, 4) is 0 Å². The van der Waals surface area contributed by atoms with Crippen LogP contribution in [0.3, 0.4) is 0 Å². The van der Waals surface area contributed by atoms with E-state index in [1.54, 1.807) is 0 Å². The molecule has 0 saturated heterocycles. The number of rotatable bonds is 12. The third-order valence-electron chi connectivity index (χ3n) is 6.07. The average molecular weight is 489 g/mol. The lowest BCUT2D eigenvalue weighted by atomic mass is 9.93. The summed E-state index contributed by atoms with van der Waals surface area (Å²) in [6.45, 7) is 26.5. The van der Waals surface area contributed by atoms with Crippen LogP contribution in [0.1, 0.15) is 87.5 Å². The topological polar surface area (TPSA) is 48.1 Å². The molecule has 0 fully saturated rings. The molecule has 0 aromatic carbocycles. The van der Waals surface area contributed by atoms with Gasteiger partial charge in [0.25, 0.3) is 0 Å². The van der Waals surface area contributed by atoms with E-state index in [1.165, 1.54) is 16.8 Å². The summed E-state index contributed by atoms with van der Waals surface area (Å²) < 4.78 is 0. The Morgan fingerprint density at radius 2 is 1.91 bits per heavy atom. The summed E-state index contributed by atoms with van der Waals surface area (Å²) in [4.78, 5) is 0. The molecule has 0 bridgehead atoms. The summed E-state index contributed by atoms with van der Waals surface area (Å²) in [7, 11) is 0. The highest BCUT2D eigenvalue weighted by atomic mass is 32.2. The van der Waals surface area contributed by atoms with Crippen LogP contribution in [-0.2, 0) is 0 Å². The molecule has 0 aliphatic carbocycles. The first-order valence-electron chi connectivity index (χ1n) is 12.9. The second kappa shape index (κ2) is 15.4. The van der Waals surface area contributed by atoms with E-state index in [1.807, 2.05) is 11.8 Å². The quantitative estimate of drug-likeness (QED) is 0.223. The molecule has 194 valence electrons. The second-order valence-corrected chi connectivity index (χ2v) is 12.0. The van der Waals surface area contributed by atoms with Gasteiger partial charge < -0.3 is 21.5 Å². The third kappa shape index (κ3) is 12.8. The Bertz CT molecular complexity index is 738. The Morgan fingerprint density at radius 1 is 1.21 bits per heavy atom. The van der Waals surface area contributed by atoms with Crippen molar-refractivity contribution in [1.82, 2.24) is 21.5 Å². The molecular weight excluding hydrogens is 436 g/mol. The fourth-order valence-electron chi connectivity index (χ4n) is 3.79. The lowest BCUT2D eigenvalue weighted by Crippen LogP contribution is -2.52. The Morgan fingerprint density at radius 3 is 2.53 bits per heavy atom. The van der Waals surface area contributed by atoms with Crippen LogP contribution in [-0.4, -0.2) is 29.1 Å². The van der Waals surface area contributed by atoms with E-state index in [0.29, 0.717) is 5.92 Å². The molecule has 3 atom stereocenters. The first-order chi connectivity index (χ1) is 15.9. The lowest BCUT2D eigenvalue weighted by molar-refractivity contribution is 0.304. The highest BCUT2D eigenvalue weighted by Gasteiger charge is 2.26. The second-order valence-electron chi connectivity index (χ2n) is 10.9. The fraction of sp³-hybridized carbons (Fsp3) is 0.655. The number of hydrogen-bond acceptors (Lipinski definition) is 5. The Hall–Kier alpha value is -1.59. The molecule has 1 heterocycles. The third-order valence-corrected chi connectivity index (χ3v) is 7.04. The van der Waals surface area contributed by atoms with Gasteiger partial charge in [-0.3, -0.25) is 0 Å². The number of hydrogen-bond donors (Lipinski definition) is 4. The van der Waals surface area contributed by atoms with Gasteiger partial charge in [-0.1, -0.05) is 62.8 Å². The molecule has 0 amide bonds. The Labute approximate surface area is 215 Å².